The van der Waals surface area contributed by atoms with Crippen LogP contribution in [0.25, 0.3) is 11.8 Å². The summed E-state index contributed by atoms with van der Waals surface area (Å²) in [5, 5.41) is 0. The van der Waals surface area contributed by atoms with Crippen molar-refractivity contribution in [3.05, 3.63) is 46.1 Å². The summed E-state index contributed by atoms with van der Waals surface area (Å²) >= 11 is 0. The molecule has 134 valence electrons. The number of piperazine rings is 1. The van der Waals surface area contributed by atoms with Crippen LogP contribution in [0, 0.1) is 20.8 Å². The Bertz CT molecular complexity index is 752. The van der Waals surface area contributed by atoms with Crippen molar-refractivity contribution in [2.45, 2.75) is 20.8 Å². The van der Waals surface area contributed by atoms with Crippen LogP contribution in [0.2, 0.25) is 0 Å². The van der Waals surface area contributed by atoms with Crippen molar-refractivity contribution in [2.24, 2.45) is 5.73 Å². The number of nitrogen functional groups attached to an aromatic ring is 1. The van der Waals surface area contributed by atoms with Gasteiger partial charge in [-0.1, -0.05) is 0 Å². The van der Waals surface area contributed by atoms with Crippen molar-refractivity contribution in [2.75, 3.05) is 43.9 Å². The number of hydrogen-bond donors (Lipinski definition) is 3. The number of benzene rings is 1. The highest BCUT2D eigenvalue weighted by Gasteiger charge is 2.18. The van der Waals surface area contributed by atoms with Gasteiger partial charge in [0.1, 0.15) is 5.82 Å². The van der Waals surface area contributed by atoms with Crippen molar-refractivity contribution >= 4 is 23.3 Å². The summed E-state index contributed by atoms with van der Waals surface area (Å²) in [6.07, 6.45) is 3.87. The second-order valence-electron chi connectivity index (χ2n) is 7.15. The smallest absolute Gasteiger partial charge is 0.108 e. The van der Waals surface area contributed by atoms with Crippen molar-refractivity contribution < 1.29 is 0 Å². The van der Waals surface area contributed by atoms with Crippen LogP contribution < -0.4 is 16.4 Å². The van der Waals surface area contributed by atoms with Crippen LogP contribution in [0.5, 0.6) is 0 Å². The summed E-state index contributed by atoms with van der Waals surface area (Å²) in [6, 6.07) is 4.37. The molecule has 2 aromatic rings. The van der Waals surface area contributed by atoms with Crippen LogP contribution >= 0.6 is 0 Å². The Labute approximate surface area is 150 Å². The lowest BCUT2D eigenvalue weighted by Crippen LogP contribution is -2.45. The third-order valence-corrected chi connectivity index (χ3v) is 5.10. The first-order valence-corrected chi connectivity index (χ1v) is 8.82. The monoisotopic (exact) mass is 339 g/mol. The van der Waals surface area contributed by atoms with E-state index >= 15 is 0 Å². The van der Waals surface area contributed by atoms with E-state index in [0.29, 0.717) is 5.82 Å². The number of H-pyrrole nitrogens is 1. The number of hydrogen-bond acceptors (Lipinski definition) is 4. The molecule has 0 saturated carbocycles. The van der Waals surface area contributed by atoms with Gasteiger partial charge in [-0.05, 0) is 68.3 Å². The topological polar surface area (TPSA) is 74.3 Å². The Morgan fingerprint density at radius 1 is 1.04 bits per heavy atom. The summed E-state index contributed by atoms with van der Waals surface area (Å²) in [5.41, 5.74) is 20.1. The average Bonchev–Trinajstić information content (AvgIpc) is 2.87. The van der Waals surface area contributed by atoms with Gasteiger partial charge in [-0.25, -0.2) is 0 Å². The lowest BCUT2D eigenvalue weighted by molar-refractivity contribution is 0.312. The molecule has 0 radical (unpaired) electrons. The van der Waals surface area contributed by atoms with E-state index in [4.69, 9.17) is 11.5 Å². The number of nitrogens with zero attached hydrogens (tertiary/aromatic N) is 2. The molecule has 5 heteroatoms. The Hall–Kier alpha value is -2.40. The van der Waals surface area contributed by atoms with E-state index in [1.54, 1.807) is 0 Å². The zero-order chi connectivity index (χ0) is 18.1. The highest BCUT2D eigenvalue weighted by molar-refractivity contribution is 5.85. The Morgan fingerprint density at radius 3 is 2.16 bits per heavy atom. The van der Waals surface area contributed by atoms with Gasteiger partial charge in [0.2, 0.25) is 0 Å². The maximum Gasteiger partial charge on any atom is 0.108 e. The van der Waals surface area contributed by atoms with Crippen molar-refractivity contribution in [1.29, 1.82) is 0 Å². The molecule has 0 unspecified atom stereocenters. The predicted molar refractivity (Wildman–Crippen MR) is 108 cm³/mol. The molecule has 1 aliphatic heterocycles. The molecule has 5 nitrogen and oxygen atoms in total. The maximum absolute atomic E-state index is 6.38. The first-order valence-electron chi connectivity index (χ1n) is 8.82. The summed E-state index contributed by atoms with van der Waals surface area (Å²) in [5.74, 6) is 0.656. The van der Waals surface area contributed by atoms with Gasteiger partial charge in [0.25, 0.3) is 0 Å². The fraction of sp³-hybridized carbons (Fsp3) is 0.400. The number of nitrogens with two attached hydrogens (primary N) is 2. The first-order chi connectivity index (χ1) is 11.9. The molecule has 1 aromatic carbocycles. The fourth-order valence-electron chi connectivity index (χ4n) is 3.64. The van der Waals surface area contributed by atoms with E-state index in [9.17, 15) is 0 Å². The number of aromatic amines is 1. The lowest BCUT2D eigenvalue weighted by atomic mass is 9.99. The average molecular weight is 339 g/mol. The number of nitrogens with one attached hydrogen (secondary N) is 1. The van der Waals surface area contributed by atoms with Gasteiger partial charge in [-0.3, -0.25) is 0 Å². The molecule has 1 fully saturated rings. The summed E-state index contributed by atoms with van der Waals surface area (Å²) < 4.78 is 0. The van der Waals surface area contributed by atoms with Crippen LogP contribution in [0.1, 0.15) is 27.8 Å². The van der Waals surface area contributed by atoms with E-state index in [2.05, 4.69) is 47.8 Å². The number of aryl methyl sites for hydroxylation is 3. The minimum absolute atomic E-state index is 0.656. The van der Waals surface area contributed by atoms with Gasteiger partial charge in [0.15, 0.2) is 0 Å². The highest BCUT2D eigenvalue weighted by Crippen LogP contribution is 2.30. The number of anilines is 2. The van der Waals surface area contributed by atoms with E-state index < -0.39 is 0 Å². The lowest BCUT2D eigenvalue weighted by Gasteiger charge is -2.36. The Balaban J connectivity index is 1.92. The maximum atomic E-state index is 6.38. The van der Waals surface area contributed by atoms with Crippen molar-refractivity contribution in [3.8, 4) is 0 Å². The molecule has 0 amide bonds. The minimum Gasteiger partial charge on any atom is -0.398 e. The minimum atomic E-state index is 0.656. The molecule has 2 heterocycles. The van der Waals surface area contributed by atoms with E-state index in [1.807, 2.05) is 19.2 Å². The third-order valence-electron chi connectivity index (χ3n) is 5.10. The standard InChI is InChI=1S/C20H29N5/c1-13-9-16(18(21)11-17-15(3)12-23-20(17)22)10-14(2)19(13)25-7-5-24(4)6-8-25/h9-12,23H,5-8,21-22H2,1-4H3/b18-11-. The van der Waals surface area contributed by atoms with Crippen LogP contribution in [0.4, 0.5) is 11.5 Å². The SMILES string of the molecule is Cc1c[nH]c(N)c1/C=C(\N)c1cc(C)c(N2CCN(C)CC2)c(C)c1. The van der Waals surface area contributed by atoms with Gasteiger partial charge in [-0.2, -0.15) is 0 Å². The normalized spacial score (nSPS) is 16.5. The predicted octanol–water partition coefficient (Wildman–Crippen LogP) is 2.73. The molecular weight excluding hydrogens is 310 g/mol. The number of aromatic nitrogens is 1. The third kappa shape index (κ3) is 3.51. The molecule has 1 saturated heterocycles. The Morgan fingerprint density at radius 2 is 1.64 bits per heavy atom. The molecule has 0 aliphatic carbocycles. The number of rotatable bonds is 3. The second-order valence-corrected chi connectivity index (χ2v) is 7.15. The van der Waals surface area contributed by atoms with Gasteiger partial charge in [0.05, 0.1) is 0 Å². The molecule has 0 atom stereocenters. The van der Waals surface area contributed by atoms with E-state index in [-0.39, 0.29) is 0 Å². The van der Waals surface area contributed by atoms with Crippen LogP contribution in [-0.2, 0) is 0 Å². The molecule has 0 spiro atoms. The molecular formula is C20H29N5. The van der Waals surface area contributed by atoms with Gasteiger partial charge in [0, 0.05) is 49.3 Å². The zero-order valence-electron chi connectivity index (χ0n) is 15.7. The fourth-order valence-corrected chi connectivity index (χ4v) is 3.64. The Kier molecular flexibility index (Phi) is 4.77. The highest BCUT2D eigenvalue weighted by atomic mass is 15.2. The quantitative estimate of drug-likeness (QED) is 0.804. The largest absolute Gasteiger partial charge is 0.398 e. The molecule has 3 rings (SSSR count). The summed E-state index contributed by atoms with van der Waals surface area (Å²) in [4.78, 5) is 7.90. The van der Waals surface area contributed by atoms with Gasteiger partial charge < -0.3 is 26.3 Å². The summed E-state index contributed by atoms with van der Waals surface area (Å²) in [7, 11) is 2.18. The van der Waals surface area contributed by atoms with Crippen LogP contribution in [0.3, 0.4) is 0 Å². The molecule has 0 bridgehead atoms. The van der Waals surface area contributed by atoms with E-state index in [1.165, 1.54) is 16.8 Å². The summed E-state index contributed by atoms with van der Waals surface area (Å²) in [6.45, 7) is 10.7. The molecule has 1 aliphatic rings. The first kappa shape index (κ1) is 17.4. The van der Waals surface area contributed by atoms with Crippen molar-refractivity contribution in [3.63, 3.8) is 0 Å². The molecule has 5 N–H and O–H groups in total. The van der Waals surface area contributed by atoms with Crippen LogP contribution in [-0.4, -0.2) is 43.1 Å². The second kappa shape index (κ2) is 6.84. The van der Waals surface area contributed by atoms with Gasteiger partial charge >= 0.3 is 0 Å². The van der Waals surface area contributed by atoms with E-state index in [0.717, 1.165) is 48.6 Å². The van der Waals surface area contributed by atoms with Crippen LogP contribution in [0.15, 0.2) is 18.3 Å². The van der Waals surface area contributed by atoms with Crippen molar-refractivity contribution in [1.82, 2.24) is 9.88 Å². The number of likely N-dealkylation sites (N-methyl/N-ethyl adjacent to an activating group) is 1. The molecule has 25 heavy (non-hydrogen) atoms. The zero-order valence-corrected chi connectivity index (χ0v) is 15.7. The van der Waals surface area contributed by atoms with Gasteiger partial charge in [-0.15, -0.1) is 0 Å². The molecule has 1 aromatic heterocycles.